The maximum absolute atomic E-state index is 11.2. The predicted octanol–water partition coefficient (Wildman–Crippen LogP) is 7.39. The van der Waals surface area contributed by atoms with Gasteiger partial charge in [-0.3, -0.25) is 0 Å². The molecule has 0 spiro atoms. The summed E-state index contributed by atoms with van der Waals surface area (Å²) >= 11 is 0. The highest BCUT2D eigenvalue weighted by molar-refractivity contribution is 5.59. The van der Waals surface area contributed by atoms with E-state index in [2.05, 4.69) is 43.4 Å². The second kappa shape index (κ2) is 19.8. The average molecular weight is 365 g/mol. The second-order valence-corrected chi connectivity index (χ2v) is 7.01. The number of carbonyl (C=O) groups excluding carboxylic acids is 1. The number of ether oxygens (including phenoxy) is 2. The normalized spacial score (nSPS) is 12.0. The molecule has 0 unspecified atom stereocenters. The fourth-order valence-electron chi connectivity index (χ4n) is 2.33. The van der Waals surface area contributed by atoms with Crippen LogP contribution in [-0.2, 0) is 9.47 Å². The molecule has 0 amide bonds. The van der Waals surface area contributed by atoms with E-state index in [1.54, 1.807) is 0 Å². The number of hydrogen-bond acceptors (Lipinski definition) is 3. The fourth-order valence-corrected chi connectivity index (χ4v) is 2.33. The molecule has 0 heterocycles. The highest BCUT2D eigenvalue weighted by Gasteiger charge is 2.04. The van der Waals surface area contributed by atoms with Crippen LogP contribution in [0.2, 0.25) is 0 Å². The van der Waals surface area contributed by atoms with Gasteiger partial charge in [-0.2, -0.15) is 0 Å². The highest BCUT2D eigenvalue weighted by atomic mass is 16.7. The standard InChI is InChI=1S/C23H40O3/c1-4-5-6-7-8-9-10-11-12-13-14-15-16-17-18-19-20-25-23(24)26-21-22(2)3/h5-6,8-9,11-12,22H,4,7,10,13-21H2,1-3H3. The maximum atomic E-state index is 11.2. The molecule has 0 aliphatic heterocycles. The van der Waals surface area contributed by atoms with Crippen LogP contribution >= 0.6 is 0 Å². The van der Waals surface area contributed by atoms with Crippen LogP contribution in [0.4, 0.5) is 4.79 Å². The van der Waals surface area contributed by atoms with Gasteiger partial charge >= 0.3 is 6.16 Å². The third-order valence-corrected chi connectivity index (χ3v) is 3.80. The van der Waals surface area contributed by atoms with Crippen molar-refractivity contribution in [2.24, 2.45) is 5.92 Å². The molecule has 0 atom stereocenters. The van der Waals surface area contributed by atoms with E-state index in [0.29, 0.717) is 19.1 Å². The van der Waals surface area contributed by atoms with E-state index in [-0.39, 0.29) is 0 Å². The van der Waals surface area contributed by atoms with E-state index in [0.717, 1.165) is 32.1 Å². The van der Waals surface area contributed by atoms with Gasteiger partial charge in [-0.25, -0.2) is 4.79 Å². The van der Waals surface area contributed by atoms with Crippen molar-refractivity contribution in [2.75, 3.05) is 13.2 Å². The van der Waals surface area contributed by atoms with Crippen LogP contribution in [0.1, 0.15) is 85.0 Å². The van der Waals surface area contributed by atoms with Gasteiger partial charge in [-0.1, -0.05) is 82.9 Å². The molecular formula is C23H40O3. The van der Waals surface area contributed by atoms with Crippen molar-refractivity contribution < 1.29 is 14.3 Å². The van der Waals surface area contributed by atoms with Gasteiger partial charge in [0.2, 0.25) is 0 Å². The maximum Gasteiger partial charge on any atom is 0.508 e. The van der Waals surface area contributed by atoms with E-state index in [1.807, 2.05) is 13.8 Å². The molecule has 3 nitrogen and oxygen atoms in total. The van der Waals surface area contributed by atoms with Crippen LogP contribution in [0.25, 0.3) is 0 Å². The van der Waals surface area contributed by atoms with Gasteiger partial charge in [-0.05, 0) is 44.4 Å². The van der Waals surface area contributed by atoms with Gasteiger partial charge in [0.1, 0.15) is 0 Å². The van der Waals surface area contributed by atoms with Gasteiger partial charge in [-0.15, -0.1) is 0 Å². The molecule has 0 bridgehead atoms. The summed E-state index contributed by atoms with van der Waals surface area (Å²) in [7, 11) is 0. The van der Waals surface area contributed by atoms with Crippen molar-refractivity contribution in [1.82, 2.24) is 0 Å². The molecule has 26 heavy (non-hydrogen) atoms. The minimum absolute atomic E-state index is 0.349. The Kier molecular flexibility index (Phi) is 18.7. The highest BCUT2D eigenvalue weighted by Crippen LogP contribution is 2.08. The predicted molar refractivity (Wildman–Crippen MR) is 111 cm³/mol. The van der Waals surface area contributed by atoms with Crippen molar-refractivity contribution in [3.63, 3.8) is 0 Å². The molecule has 0 aliphatic carbocycles. The molecule has 0 saturated carbocycles. The zero-order valence-corrected chi connectivity index (χ0v) is 17.3. The molecular weight excluding hydrogens is 324 g/mol. The number of carbonyl (C=O) groups is 1. The van der Waals surface area contributed by atoms with Gasteiger partial charge in [0.25, 0.3) is 0 Å². The number of hydrogen-bond donors (Lipinski definition) is 0. The summed E-state index contributed by atoms with van der Waals surface area (Å²) in [6.45, 7) is 7.08. The summed E-state index contributed by atoms with van der Waals surface area (Å²) in [6, 6.07) is 0. The second-order valence-electron chi connectivity index (χ2n) is 7.01. The summed E-state index contributed by atoms with van der Waals surface area (Å²) in [5.41, 5.74) is 0. The van der Waals surface area contributed by atoms with Crippen LogP contribution in [0.15, 0.2) is 36.5 Å². The summed E-state index contributed by atoms with van der Waals surface area (Å²) < 4.78 is 9.99. The largest absolute Gasteiger partial charge is 0.508 e. The molecule has 0 N–H and O–H groups in total. The molecule has 3 heteroatoms. The average Bonchev–Trinajstić information content (AvgIpc) is 2.62. The van der Waals surface area contributed by atoms with Crippen molar-refractivity contribution in [1.29, 1.82) is 0 Å². The first-order chi connectivity index (χ1) is 12.7. The fraction of sp³-hybridized carbons (Fsp3) is 0.696. The third kappa shape index (κ3) is 20.5. The molecule has 0 aromatic rings. The van der Waals surface area contributed by atoms with Gasteiger partial charge in [0.05, 0.1) is 13.2 Å². The van der Waals surface area contributed by atoms with Gasteiger partial charge < -0.3 is 9.47 Å². The zero-order chi connectivity index (χ0) is 19.3. The molecule has 0 saturated heterocycles. The van der Waals surface area contributed by atoms with E-state index >= 15 is 0 Å². The summed E-state index contributed by atoms with van der Waals surface area (Å²) in [5.74, 6) is 0.349. The van der Waals surface area contributed by atoms with Crippen LogP contribution in [0.3, 0.4) is 0 Å². The van der Waals surface area contributed by atoms with E-state index in [1.165, 1.54) is 32.1 Å². The first-order valence-electron chi connectivity index (χ1n) is 10.4. The monoisotopic (exact) mass is 364 g/mol. The molecule has 0 radical (unpaired) electrons. The molecule has 150 valence electrons. The Labute approximate surface area is 161 Å². The van der Waals surface area contributed by atoms with Gasteiger partial charge in [0, 0.05) is 0 Å². The molecule has 0 aromatic heterocycles. The molecule has 0 aliphatic rings. The Morgan fingerprint density at radius 1 is 0.769 bits per heavy atom. The first kappa shape index (κ1) is 24.5. The number of unbranched alkanes of at least 4 members (excludes halogenated alkanes) is 6. The lowest BCUT2D eigenvalue weighted by molar-refractivity contribution is 0.0465. The molecule has 0 aromatic carbocycles. The molecule has 0 fully saturated rings. The van der Waals surface area contributed by atoms with Crippen LogP contribution in [-0.4, -0.2) is 19.4 Å². The van der Waals surface area contributed by atoms with Gasteiger partial charge in [0.15, 0.2) is 0 Å². The quantitative estimate of drug-likeness (QED) is 0.163. The Morgan fingerprint density at radius 3 is 2.00 bits per heavy atom. The zero-order valence-electron chi connectivity index (χ0n) is 17.3. The topological polar surface area (TPSA) is 35.5 Å². The van der Waals surface area contributed by atoms with Crippen molar-refractivity contribution in [3.8, 4) is 0 Å². The lowest BCUT2D eigenvalue weighted by atomic mass is 10.1. The van der Waals surface area contributed by atoms with Crippen LogP contribution in [0.5, 0.6) is 0 Å². The Morgan fingerprint density at radius 2 is 1.35 bits per heavy atom. The lowest BCUT2D eigenvalue weighted by Gasteiger charge is -2.07. The number of rotatable bonds is 16. The van der Waals surface area contributed by atoms with E-state index in [9.17, 15) is 4.79 Å². The van der Waals surface area contributed by atoms with Crippen molar-refractivity contribution in [2.45, 2.75) is 85.0 Å². The van der Waals surface area contributed by atoms with Crippen LogP contribution < -0.4 is 0 Å². The molecule has 0 rings (SSSR count). The first-order valence-corrected chi connectivity index (χ1v) is 10.4. The minimum Gasteiger partial charge on any atom is -0.434 e. The SMILES string of the molecule is CCC=CCC=CCC=CCCCCCCCCOC(=O)OCC(C)C. The van der Waals surface area contributed by atoms with E-state index < -0.39 is 6.16 Å². The minimum atomic E-state index is -0.530. The summed E-state index contributed by atoms with van der Waals surface area (Å²) in [4.78, 5) is 11.2. The lowest BCUT2D eigenvalue weighted by Crippen LogP contribution is -2.12. The van der Waals surface area contributed by atoms with Crippen molar-refractivity contribution >= 4 is 6.16 Å². The third-order valence-electron chi connectivity index (χ3n) is 3.80. The smallest absolute Gasteiger partial charge is 0.434 e. The Bertz CT molecular complexity index is 394. The summed E-state index contributed by atoms with van der Waals surface area (Å²) in [5, 5.41) is 0. The van der Waals surface area contributed by atoms with E-state index in [4.69, 9.17) is 9.47 Å². The number of allylic oxidation sites excluding steroid dienone is 6. The Hall–Kier alpha value is -1.51. The summed E-state index contributed by atoms with van der Waals surface area (Å²) in [6.07, 6.45) is 24.3. The Balaban J connectivity index is 3.27. The van der Waals surface area contributed by atoms with Crippen molar-refractivity contribution in [3.05, 3.63) is 36.5 Å². The van der Waals surface area contributed by atoms with Crippen LogP contribution in [0, 0.1) is 5.92 Å².